The van der Waals surface area contributed by atoms with Crippen LogP contribution in [-0.4, -0.2) is 22.2 Å². The van der Waals surface area contributed by atoms with Crippen molar-refractivity contribution in [3.8, 4) is 22.9 Å². The van der Waals surface area contributed by atoms with E-state index < -0.39 is 0 Å². The fraction of sp³-hybridized carbons (Fsp3) is 0.375. The highest BCUT2D eigenvalue weighted by Gasteiger charge is 2.43. The fourth-order valence-corrected chi connectivity index (χ4v) is 6.84. The van der Waals surface area contributed by atoms with Gasteiger partial charge in [0.05, 0.1) is 22.8 Å². The molecule has 1 N–H and O–H groups in total. The van der Waals surface area contributed by atoms with Gasteiger partial charge in [0.25, 0.3) is 0 Å². The Kier molecular flexibility index (Phi) is 5.43. The summed E-state index contributed by atoms with van der Waals surface area (Å²) in [5, 5.41) is 3.41. The first-order valence-corrected chi connectivity index (χ1v) is 13.8. The molecule has 0 unspecified atom stereocenters. The van der Waals surface area contributed by atoms with Gasteiger partial charge in [-0.1, -0.05) is 30.7 Å². The van der Waals surface area contributed by atoms with Gasteiger partial charge in [-0.05, 0) is 94.2 Å². The third kappa shape index (κ3) is 3.63. The maximum absolute atomic E-state index is 6.48. The monoisotopic (exact) mass is 493 g/mol. The molecule has 1 saturated carbocycles. The number of fused-ring (bicyclic) bond motifs is 8. The lowest BCUT2D eigenvalue weighted by molar-refractivity contribution is 0.0135. The molecule has 5 heteroatoms. The molecule has 0 radical (unpaired) electrons. The SMILES string of the molecule is Cc1ccc2n1-c1ccccc1OC21CCCCC1.c1ccc2c(c1)OC1(CCNCC1)c1cccn1-2. The zero-order valence-electron chi connectivity index (χ0n) is 21.6. The van der Waals surface area contributed by atoms with Crippen LogP contribution in [-0.2, 0) is 11.2 Å². The maximum Gasteiger partial charge on any atom is 0.152 e. The second kappa shape index (κ2) is 8.84. The summed E-state index contributed by atoms with van der Waals surface area (Å²) in [4.78, 5) is 0. The van der Waals surface area contributed by atoms with E-state index in [1.165, 1.54) is 42.0 Å². The largest absolute Gasteiger partial charge is 0.479 e. The number of benzene rings is 2. The normalized spacial score (nSPS) is 19.8. The molecule has 2 fully saturated rings. The molecule has 4 aromatic rings. The molecular weight excluding hydrogens is 458 g/mol. The van der Waals surface area contributed by atoms with Crippen molar-refractivity contribution in [1.29, 1.82) is 0 Å². The molecule has 3 aliphatic heterocycles. The van der Waals surface area contributed by atoms with Gasteiger partial charge in [0, 0.05) is 24.7 Å². The van der Waals surface area contributed by atoms with Crippen molar-refractivity contribution in [3.05, 3.63) is 96.1 Å². The van der Waals surface area contributed by atoms with Gasteiger partial charge in [-0.25, -0.2) is 0 Å². The molecule has 5 heterocycles. The van der Waals surface area contributed by atoms with Crippen molar-refractivity contribution in [2.75, 3.05) is 13.1 Å². The number of hydrogen-bond donors (Lipinski definition) is 1. The van der Waals surface area contributed by atoms with E-state index in [1.807, 2.05) is 6.07 Å². The molecular formula is C32H35N3O2. The first-order valence-electron chi connectivity index (χ1n) is 13.8. The van der Waals surface area contributed by atoms with Crippen LogP contribution in [0.3, 0.4) is 0 Å². The zero-order chi connectivity index (χ0) is 24.9. The van der Waals surface area contributed by atoms with Gasteiger partial charge < -0.3 is 23.9 Å². The molecule has 0 bridgehead atoms. The van der Waals surface area contributed by atoms with E-state index >= 15 is 0 Å². The second-order valence-electron chi connectivity index (χ2n) is 10.9. The van der Waals surface area contributed by atoms with Gasteiger partial charge in [-0.3, -0.25) is 0 Å². The summed E-state index contributed by atoms with van der Waals surface area (Å²) in [6.07, 6.45) is 10.4. The summed E-state index contributed by atoms with van der Waals surface area (Å²) in [5.74, 6) is 2.04. The van der Waals surface area contributed by atoms with Crippen molar-refractivity contribution < 1.29 is 9.47 Å². The van der Waals surface area contributed by atoms with E-state index in [-0.39, 0.29) is 11.2 Å². The first kappa shape index (κ1) is 22.7. The van der Waals surface area contributed by atoms with E-state index in [2.05, 4.69) is 94.3 Å². The Balaban J connectivity index is 0.000000125. The number of piperidine rings is 1. The number of hydrogen-bond acceptors (Lipinski definition) is 3. The summed E-state index contributed by atoms with van der Waals surface area (Å²) in [5.41, 5.74) is 6.07. The molecule has 2 aromatic carbocycles. The van der Waals surface area contributed by atoms with Gasteiger partial charge in [-0.2, -0.15) is 0 Å². The van der Waals surface area contributed by atoms with E-state index in [0.29, 0.717) is 0 Å². The molecule has 1 saturated heterocycles. The van der Waals surface area contributed by atoms with Crippen LogP contribution < -0.4 is 14.8 Å². The van der Waals surface area contributed by atoms with E-state index in [9.17, 15) is 0 Å². The van der Waals surface area contributed by atoms with Crippen molar-refractivity contribution in [1.82, 2.24) is 14.5 Å². The third-order valence-electron chi connectivity index (χ3n) is 8.67. The smallest absolute Gasteiger partial charge is 0.152 e. The summed E-state index contributed by atoms with van der Waals surface area (Å²) in [6, 6.07) is 25.5. The average Bonchev–Trinajstić information content (AvgIpc) is 3.59. The molecule has 37 heavy (non-hydrogen) atoms. The molecule has 8 rings (SSSR count). The van der Waals surface area contributed by atoms with E-state index in [1.54, 1.807) is 0 Å². The van der Waals surface area contributed by atoms with Crippen LogP contribution in [0.1, 0.15) is 62.0 Å². The highest BCUT2D eigenvalue weighted by molar-refractivity contribution is 5.54. The Labute approximate surface area is 219 Å². The standard InChI is InChI=1S/C17H19NO.C15H16N2O/c1-13-9-10-16-17(11-5-2-6-12-17)19-15-8-4-3-7-14(15)18(13)16;1-2-5-13-12(4-1)17-11-3-6-14(17)15(18-13)7-9-16-10-8-15/h3-4,7-10H,2,5-6,11-12H2,1H3;1-6,11,16H,7-10H2. The minimum Gasteiger partial charge on any atom is -0.479 e. The summed E-state index contributed by atoms with van der Waals surface area (Å²) >= 11 is 0. The zero-order valence-corrected chi connectivity index (χ0v) is 21.6. The van der Waals surface area contributed by atoms with Gasteiger partial charge in [-0.15, -0.1) is 0 Å². The summed E-state index contributed by atoms with van der Waals surface area (Å²) in [6.45, 7) is 4.23. The van der Waals surface area contributed by atoms with Crippen LogP contribution in [0.5, 0.6) is 11.5 Å². The molecule has 5 nitrogen and oxygen atoms in total. The van der Waals surface area contributed by atoms with Gasteiger partial charge >= 0.3 is 0 Å². The molecule has 1 aliphatic carbocycles. The molecule has 190 valence electrons. The molecule has 0 amide bonds. The molecule has 2 spiro atoms. The average molecular weight is 494 g/mol. The van der Waals surface area contributed by atoms with Crippen LogP contribution in [0.4, 0.5) is 0 Å². The van der Waals surface area contributed by atoms with E-state index in [4.69, 9.17) is 9.47 Å². The third-order valence-corrected chi connectivity index (χ3v) is 8.67. The summed E-state index contributed by atoms with van der Waals surface area (Å²) < 4.78 is 17.5. The van der Waals surface area contributed by atoms with Crippen molar-refractivity contribution in [2.45, 2.75) is 63.1 Å². The number of rotatable bonds is 0. The predicted molar refractivity (Wildman–Crippen MR) is 146 cm³/mol. The van der Waals surface area contributed by atoms with Crippen molar-refractivity contribution in [3.63, 3.8) is 0 Å². The number of nitrogens with zero attached hydrogens (tertiary/aromatic N) is 2. The minimum atomic E-state index is -0.136. The second-order valence-corrected chi connectivity index (χ2v) is 10.9. The predicted octanol–water partition coefficient (Wildman–Crippen LogP) is 6.79. The molecule has 4 aliphatic rings. The number of aryl methyl sites for hydroxylation is 1. The van der Waals surface area contributed by atoms with Crippen LogP contribution in [0.2, 0.25) is 0 Å². The number of para-hydroxylation sites is 4. The van der Waals surface area contributed by atoms with Crippen molar-refractivity contribution >= 4 is 0 Å². The lowest BCUT2D eigenvalue weighted by Gasteiger charge is -2.42. The van der Waals surface area contributed by atoms with Crippen LogP contribution in [0, 0.1) is 6.92 Å². The maximum atomic E-state index is 6.48. The lowest BCUT2D eigenvalue weighted by atomic mass is 9.81. The Morgan fingerprint density at radius 2 is 1.30 bits per heavy atom. The minimum absolute atomic E-state index is 0.0825. The molecule has 0 atom stereocenters. The van der Waals surface area contributed by atoms with Crippen LogP contribution in [0.25, 0.3) is 11.4 Å². The first-order chi connectivity index (χ1) is 18.2. The Morgan fingerprint density at radius 3 is 2.05 bits per heavy atom. The number of ether oxygens (including phenoxy) is 2. The van der Waals surface area contributed by atoms with Gasteiger partial charge in [0.2, 0.25) is 0 Å². The Morgan fingerprint density at radius 1 is 0.649 bits per heavy atom. The van der Waals surface area contributed by atoms with Crippen LogP contribution in [0.15, 0.2) is 79.0 Å². The summed E-state index contributed by atoms with van der Waals surface area (Å²) in [7, 11) is 0. The quantitative estimate of drug-likeness (QED) is 0.293. The highest BCUT2D eigenvalue weighted by Crippen LogP contribution is 2.48. The van der Waals surface area contributed by atoms with Gasteiger partial charge in [0.1, 0.15) is 17.1 Å². The fourth-order valence-electron chi connectivity index (χ4n) is 6.84. The Bertz CT molecular complexity index is 1420. The highest BCUT2D eigenvalue weighted by atomic mass is 16.5. The van der Waals surface area contributed by atoms with Crippen molar-refractivity contribution in [2.24, 2.45) is 0 Å². The van der Waals surface area contributed by atoms with E-state index in [0.717, 1.165) is 56.0 Å². The topological polar surface area (TPSA) is 40.4 Å². The number of aromatic nitrogens is 2. The molecule has 2 aromatic heterocycles. The number of nitrogens with one attached hydrogen (secondary N) is 1. The van der Waals surface area contributed by atoms with Gasteiger partial charge in [0.15, 0.2) is 5.60 Å². The lowest BCUT2D eigenvalue weighted by Crippen LogP contribution is -2.46. The Hall–Kier alpha value is -3.44. The van der Waals surface area contributed by atoms with Crippen LogP contribution >= 0.6 is 0 Å².